The number of nitrogens with one attached hydrogen (secondary N) is 2. The summed E-state index contributed by atoms with van der Waals surface area (Å²) >= 11 is 0. The minimum absolute atomic E-state index is 0.0524. The number of rotatable bonds is 8. The summed E-state index contributed by atoms with van der Waals surface area (Å²) in [6.45, 7) is 4.64. The van der Waals surface area contributed by atoms with Crippen LogP contribution in [0.25, 0.3) is 0 Å². The van der Waals surface area contributed by atoms with Crippen molar-refractivity contribution in [1.82, 2.24) is 14.9 Å². The van der Waals surface area contributed by atoms with E-state index in [1.807, 2.05) is 20.8 Å². The summed E-state index contributed by atoms with van der Waals surface area (Å²) in [6, 6.07) is 3.73. The van der Waals surface area contributed by atoms with Crippen LogP contribution in [0.4, 0.5) is 0 Å². The third-order valence-corrected chi connectivity index (χ3v) is 5.04. The molecule has 0 aliphatic heterocycles. The number of likely N-dealkylation sites (N-methyl/N-ethyl adjacent to an activating group) is 1. The summed E-state index contributed by atoms with van der Waals surface area (Å²) in [5.74, 6) is -1.77. The molecule has 11 heteroatoms. The molecule has 2 N–H and O–H groups in total. The standard InChI is InChI=1S/C18H27N3O7S/c1-18(2,3)20-15(22)10-21(5)16(23)11-28-17(24)12-7-8-13(27-6)14(9-12)29(25,26)19-4/h7-9,19H,10-11H2,1-6H3,(H,20,22). The molecule has 0 heterocycles. The average molecular weight is 429 g/mol. The van der Waals surface area contributed by atoms with Crippen molar-refractivity contribution in [2.75, 3.05) is 34.4 Å². The maximum absolute atomic E-state index is 12.2. The molecule has 10 nitrogen and oxygen atoms in total. The number of hydrogen-bond donors (Lipinski definition) is 2. The van der Waals surface area contributed by atoms with E-state index in [9.17, 15) is 22.8 Å². The van der Waals surface area contributed by atoms with Crippen molar-refractivity contribution in [2.24, 2.45) is 0 Å². The van der Waals surface area contributed by atoms with Crippen molar-refractivity contribution in [3.8, 4) is 5.75 Å². The number of nitrogens with zero attached hydrogens (tertiary/aromatic N) is 1. The zero-order valence-corrected chi connectivity index (χ0v) is 18.2. The first-order chi connectivity index (χ1) is 13.3. The lowest BCUT2D eigenvalue weighted by molar-refractivity contribution is -0.137. The minimum atomic E-state index is -3.87. The lowest BCUT2D eigenvalue weighted by Gasteiger charge is -2.23. The number of benzene rings is 1. The highest BCUT2D eigenvalue weighted by Crippen LogP contribution is 2.25. The van der Waals surface area contributed by atoms with Crippen LogP contribution in [0.1, 0.15) is 31.1 Å². The van der Waals surface area contributed by atoms with Crippen molar-refractivity contribution < 1.29 is 32.3 Å². The molecule has 0 bridgehead atoms. The van der Waals surface area contributed by atoms with Gasteiger partial charge in [-0.3, -0.25) is 9.59 Å². The molecular formula is C18H27N3O7S. The molecule has 0 atom stereocenters. The zero-order chi connectivity index (χ0) is 22.4. The van der Waals surface area contributed by atoms with E-state index in [2.05, 4.69) is 10.0 Å². The van der Waals surface area contributed by atoms with Crippen LogP contribution in [0.3, 0.4) is 0 Å². The summed E-state index contributed by atoms with van der Waals surface area (Å²) in [7, 11) is 0.0577. The predicted octanol–water partition coefficient (Wildman–Crippen LogP) is 0.133. The van der Waals surface area contributed by atoms with Crippen LogP contribution in [0.15, 0.2) is 23.1 Å². The SMILES string of the molecule is CNS(=O)(=O)c1cc(C(=O)OCC(=O)N(C)CC(=O)NC(C)(C)C)ccc1OC. The van der Waals surface area contributed by atoms with E-state index in [4.69, 9.17) is 9.47 Å². The van der Waals surface area contributed by atoms with E-state index < -0.39 is 34.0 Å². The van der Waals surface area contributed by atoms with Crippen molar-refractivity contribution in [3.05, 3.63) is 23.8 Å². The van der Waals surface area contributed by atoms with Gasteiger partial charge in [0.15, 0.2) is 6.61 Å². The highest BCUT2D eigenvalue weighted by Gasteiger charge is 2.22. The van der Waals surface area contributed by atoms with Gasteiger partial charge in [0.05, 0.1) is 19.2 Å². The Balaban J connectivity index is 2.79. The van der Waals surface area contributed by atoms with E-state index in [1.54, 1.807) is 0 Å². The van der Waals surface area contributed by atoms with Crippen LogP contribution in [0.5, 0.6) is 5.75 Å². The Kier molecular flexibility index (Phi) is 8.15. The van der Waals surface area contributed by atoms with Gasteiger partial charge in [-0.2, -0.15) is 0 Å². The fourth-order valence-electron chi connectivity index (χ4n) is 2.21. The Morgan fingerprint density at radius 1 is 1.17 bits per heavy atom. The number of ether oxygens (including phenoxy) is 2. The fourth-order valence-corrected chi connectivity index (χ4v) is 3.12. The molecule has 2 amide bonds. The van der Waals surface area contributed by atoms with E-state index in [1.165, 1.54) is 33.3 Å². The van der Waals surface area contributed by atoms with Gasteiger partial charge in [0.2, 0.25) is 15.9 Å². The van der Waals surface area contributed by atoms with Gasteiger partial charge in [-0.15, -0.1) is 0 Å². The van der Waals surface area contributed by atoms with Crippen molar-refractivity contribution in [3.63, 3.8) is 0 Å². The molecule has 1 aromatic carbocycles. The molecule has 0 aliphatic carbocycles. The van der Waals surface area contributed by atoms with Crippen molar-refractivity contribution >= 4 is 27.8 Å². The van der Waals surface area contributed by atoms with Crippen LogP contribution in [0.2, 0.25) is 0 Å². The summed E-state index contributed by atoms with van der Waals surface area (Å²) < 4.78 is 36.2. The van der Waals surface area contributed by atoms with Gasteiger partial charge in [-0.25, -0.2) is 17.9 Å². The summed E-state index contributed by atoms with van der Waals surface area (Å²) in [5, 5.41) is 2.72. The van der Waals surface area contributed by atoms with Crippen LogP contribution in [-0.2, 0) is 24.3 Å². The number of carbonyl (C=O) groups is 3. The van der Waals surface area contributed by atoms with Gasteiger partial charge in [0.1, 0.15) is 10.6 Å². The molecular weight excluding hydrogens is 402 g/mol. The number of hydrogen-bond acceptors (Lipinski definition) is 7. The highest BCUT2D eigenvalue weighted by molar-refractivity contribution is 7.89. The highest BCUT2D eigenvalue weighted by atomic mass is 32.2. The zero-order valence-electron chi connectivity index (χ0n) is 17.4. The molecule has 0 spiro atoms. The molecule has 162 valence electrons. The normalized spacial score (nSPS) is 11.5. The second-order valence-electron chi connectivity index (χ2n) is 7.20. The lowest BCUT2D eigenvalue weighted by atomic mass is 10.1. The van der Waals surface area contributed by atoms with Gasteiger partial charge in [0.25, 0.3) is 5.91 Å². The Bertz CT molecular complexity index is 876. The number of carbonyl (C=O) groups excluding carboxylic acids is 3. The number of sulfonamides is 1. The van der Waals surface area contributed by atoms with E-state index in [-0.39, 0.29) is 28.7 Å². The number of esters is 1. The van der Waals surface area contributed by atoms with Gasteiger partial charge in [-0.05, 0) is 46.0 Å². The lowest BCUT2D eigenvalue weighted by Crippen LogP contribution is -2.46. The topological polar surface area (TPSA) is 131 Å². The minimum Gasteiger partial charge on any atom is -0.495 e. The molecule has 29 heavy (non-hydrogen) atoms. The fraction of sp³-hybridized carbons (Fsp3) is 0.500. The Hall–Kier alpha value is -2.66. The predicted molar refractivity (Wildman–Crippen MR) is 105 cm³/mol. The number of amides is 2. The molecule has 0 aliphatic rings. The maximum atomic E-state index is 12.2. The van der Waals surface area contributed by atoms with Gasteiger partial charge < -0.3 is 19.7 Å². The smallest absolute Gasteiger partial charge is 0.338 e. The Morgan fingerprint density at radius 2 is 1.79 bits per heavy atom. The van der Waals surface area contributed by atoms with E-state index in [0.717, 1.165) is 11.0 Å². The molecule has 0 aromatic heterocycles. The maximum Gasteiger partial charge on any atom is 0.338 e. The first-order valence-electron chi connectivity index (χ1n) is 8.64. The number of methoxy groups -OCH3 is 1. The van der Waals surface area contributed by atoms with Crippen molar-refractivity contribution in [2.45, 2.75) is 31.2 Å². The monoisotopic (exact) mass is 429 g/mol. The van der Waals surface area contributed by atoms with Gasteiger partial charge >= 0.3 is 5.97 Å². The summed E-state index contributed by atoms with van der Waals surface area (Å²) in [4.78, 5) is 37.1. The third kappa shape index (κ3) is 7.35. The largest absolute Gasteiger partial charge is 0.495 e. The van der Waals surface area contributed by atoms with E-state index >= 15 is 0 Å². The molecule has 0 fully saturated rings. The quantitative estimate of drug-likeness (QED) is 0.562. The van der Waals surface area contributed by atoms with Crippen LogP contribution in [0, 0.1) is 0 Å². The molecule has 0 unspecified atom stereocenters. The summed E-state index contributed by atoms with van der Waals surface area (Å²) in [5.41, 5.74) is -0.506. The van der Waals surface area contributed by atoms with E-state index in [0.29, 0.717) is 0 Å². The van der Waals surface area contributed by atoms with Crippen molar-refractivity contribution in [1.29, 1.82) is 0 Å². The molecule has 1 rings (SSSR count). The first kappa shape index (κ1) is 24.4. The molecule has 0 saturated heterocycles. The Morgan fingerprint density at radius 3 is 2.31 bits per heavy atom. The average Bonchev–Trinajstić information content (AvgIpc) is 2.63. The Labute approximate surface area is 170 Å². The molecule has 1 aromatic rings. The van der Waals surface area contributed by atoms with Crippen LogP contribution < -0.4 is 14.8 Å². The molecule has 0 radical (unpaired) electrons. The summed E-state index contributed by atoms with van der Waals surface area (Å²) in [6.07, 6.45) is 0. The van der Waals surface area contributed by atoms with Crippen LogP contribution in [-0.4, -0.2) is 71.0 Å². The van der Waals surface area contributed by atoms with Gasteiger partial charge in [0, 0.05) is 12.6 Å². The second kappa shape index (κ2) is 9.70. The first-order valence-corrected chi connectivity index (χ1v) is 10.1. The molecule has 0 saturated carbocycles. The second-order valence-corrected chi connectivity index (χ2v) is 9.05. The van der Waals surface area contributed by atoms with Crippen LogP contribution >= 0.6 is 0 Å². The third-order valence-electron chi connectivity index (χ3n) is 3.61. The van der Waals surface area contributed by atoms with Gasteiger partial charge in [-0.1, -0.05) is 0 Å².